The summed E-state index contributed by atoms with van der Waals surface area (Å²) in [6.07, 6.45) is 5.31. The molecule has 6 nitrogen and oxygen atoms in total. The number of nitrogens with zero attached hydrogens (tertiary/aromatic N) is 4. The van der Waals surface area contributed by atoms with E-state index < -0.39 is 22.9 Å². The molecule has 0 radical (unpaired) electrons. The lowest BCUT2D eigenvalue weighted by molar-refractivity contribution is 0.0692. The molecule has 7 rings (SSSR count). The van der Waals surface area contributed by atoms with Gasteiger partial charge < -0.3 is 5.11 Å². The summed E-state index contributed by atoms with van der Waals surface area (Å²) in [6.45, 7) is 0. The first kappa shape index (κ1) is 26.9. The van der Waals surface area contributed by atoms with Gasteiger partial charge in [0.2, 0.25) is 0 Å². The Hall–Kier alpha value is -5.95. The second-order valence-electron chi connectivity index (χ2n) is 10.4. The highest BCUT2D eigenvalue weighted by molar-refractivity contribution is 5.96. The predicted octanol–water partition coefficient (Wildman–Crippen LogP) is 7.84. The first-order valence-corrected chi connectivity index (χ1v) is 14.1. The average molecular weight is 577 g/mol. The number of carbonyl (C=O) groups is 1. The molecule has 2 heterocycles. The summed E-state index contributed by atoms with van der Waals surface area (Å²) >= 11 is 0. The van der Waals surface area contributed by atoms with Gasteiger partial charge in [0.05, 0.1) is 23.0 Å². The summed E-state index contributed by atoms with van der Waals surface area (Å²) in [5, 5.41) is 15.2. The lowest BCUT2D eigenvalue weighted by Crippen LogP contribution is -2.38. The topological polar surface area (TPSA) is 80.9 Å². The van der Waals surface area contributed by atoms with Crippen molar-refractivity contribution < 1.29 is 14.3 Å². The third-order valence-corrected chi connectivity index (χ3v) is 7.94. The van der Waals surface area contributed by atoms with Gasteiger partial charge in [0.1, 0.15) is 17.7 Å². The smallest absolute Gasteiger partial charge is 0.338 e. The molecule has 0 spiro atoms. The quantitative estimate of drug-likeness (QED) is 0.196. The predicted molar refractivity (Wildman–Crippen MR) is 168 cm³/mol. The largest absolute Gasteiger partial charge is 0.478 e. The Morgan fingerprint density at radius 2 is 1.27 bits per heavy atom. The van der Waals surface area contributed by atoms with Gasteiger partial charge in [-0.05, 0) is 52.6 Å². The van der Waals surface area contributed by atoms with E-state index >= 15 is 0 Å². The van der Waals surface area contributed by atoms with Crippen molar-refractivity contribution in [3.05, 3.63) is 174 Å². The maximum absolute atomic E-state index is 14.2. The number of aromatic carboxylic acids is 1. The Kier molecular flexibility index (Phi) is 6.75. The lowest BCUT2D eigenvalue weighted by Gasteiger charge is -2.36. The van der Waals surface area contributed by atoms with Crippen molar-refractivity contribution in [3.63, 3.8) is 0 Å². The first-order valence-electron chi connectivity index (χ1n) is 14.1. The molecular formula is C37H25FN4O2. The number of benzene rings is 5. The van der Waals surface area contributed by atoms with Gasteiger partial charge in [0.15, 0.2) is 0 Å². The van der Waals surface area contributed by atoms with Gasteiger partial charge >= 0.3 is 5.97 Å². The van der Waals surface area contributed by atoms with Crippen LogP contribution in [0.1, 0.15) is 27.0 Å². The van der Waals surface area contributed by atoms with Crippen LogP contribution in [-0.2, 0) is 5.54 Å². The van der Waals surface area contributed by atoms with Crippen molar-refractivity contribution in [1.82, 2.24) is 19.7 Å². The van der Waals surface area contributed by atoms with Crippen molar-refractivity contribution in [2.24, 2.45) is 0 Å². The maximum Gasteiger partial charge on any atom is 0.338 e. The Morgan fingerprint density at radius 3 is 1.86 bits per heavy atom. The Bertz CT molecular complexity index is 2020. The number of fused-ring (bicyclic) bond motifs is 1. The van der Waals surface area contributed by atoms with Crippen molar-refractivity contribution in [2.45, 2.75) is 5.54 Å². The molecule has 0 aliphatic rings. The number of hydrogen-bond acceptors (Lipinski definition) is 4. The van der Waals surface area contributed by atoms with Crippen molar-refractivity contribution >= 4 is 16.9 Å². The molecule has 0 saturated heterocycles. The number of carboxylic acid groups (broad SMARTS) is 1. The fourth-order valence-corrected chi connectivity index (χ4v) is 5.89. The average Bonchev–Trinajstić information content (AvgIpc) is 3.57. The molecular weight excluding hydrogens is 551 g/mol. The fourth-order valence-electron chi connectivity index (χ4n) is 5.89. The normalized spacial score (nSPS) is 11.5. The summed E-state index contributed by atoms with van der Waals surface area (Å²) in [4.78, 5) is 20.5. The third kappa shape index (κ3) is 4.51. The van der Waals surface area contributed by atoms with E-state index in [-0.39, 0.29) is 0 Å². The van der Waals surface area contributed by atoms with Crippen LogP contribution in [0.2, 0.25) is 0 Å². The van der Waals surface area contributed by atoms with Gasteiger partial charge in [-0.2, -0.15) is 5.10 Å². The van der Waals surface area contributed by atoms with Crippen LogP contribution >= 0.6 is 0 Å². The van der Waals surface area contributed by atoms with E-state index in [4.69, 9.17) is 5.10 Å². The first-order chi connectivity index (χ1) is 21.6. The minimum absolute atomic E-state index is 0.411. The number of hydrogen-bond donors (Lipinski definition) is 1. The standard InChI is InChI=1S/C37H25FN4O2/c38-33-18-16-26(21-31(33)36(43)44)35-32-20-25(17-19-34(32)39-24-40-35)27-22-41-42(23-27)37(28-10-4-1-5-11-28,29-12-6-2-7-13-29)30-14-8-3-9-15-30/h1-24H,(H,43,44). The number of halogens is 1. The molecule has 0 saturated carbocycles. The Labute approximate surface area is 252 Å². The van der Waals surface area contributed by atoms with E-state index in [1.54, 1.807) is 0 Å². The van der Waals surface area contributed by atoms with Crippen molar-refractivity contribution in [3.8, 4) is 22.4 Å². The summed E-state index contributed by atoms with van der Waals surface area (Å²) < 4.78 is 16.2. The minimum Gasteiger partial charge on any atom is -0.478 e. The molecule has 7 heteroatoms. The zero-order valence-corrected chi connectivity index (χ0v) is 23.4. The van der Waals surface area contributed by atoms with Gasteiger partial charge in [-0.25, -0.2) is 19.2 Å². The lowest BCUT2D eigenvalue weighted by atomic mass is 9.77. The highest BCUT2D eigenvalue weighted by Gasteiger charge is 2.39. The maximum atomic E-state index is 14.2. The van der Waals surface area contributed by atoms with Gasteiger partial charge in [0, 0.05) is 22.7 Å². The summed E-state index contributed by atoms with van der Waals surface area (Å²) in [5.74, 6) is -2.14. The number of aromatic nitrogens is 4. The van der Waals surface area contributed by atoms with E-state index in [9.17, 15) is 14.3 Å². The minimum atomic E-state index is -1.34. The highest BCUT2D eigenvalue weighted by Crippen LogP contribution is 2.41. The highest BCUT2D eigenvalue weighted by atomic mass is 19.1. The summed E-state index contributed by atoms with van der Waals surface area (Å²) in [6, 6.07) is 40.8. The molecule has 7 aromatic rings. The molecule has 0 aliphatic heterocycles. The molecule has 2 aromatic heterocycles. The molecule has 0 unspecified atom stereocenters. The van der Waals surface area contributed by atoms with Crippen LogP contribution in [-0.4, -0.2) is 30.8 Å². The van der Waals surface area contributed by atoms with Gasteiger partial charge in [0.25, 0.3) is 0 Å². The van der Waals surface area contributed by atoms with E-state index in [1.807, 2.05) is 89.9 Å². The number of carboxylic acids is 1. The van der Waals surface area contributed by atoms with E-state index in [1.165, 1.54) is 18.5 Å². The molecule has 1 N–H and O–H groups in total. The van der Waals surface area contributed by atoms with Crippen molar-refractivity contribution in [1.29, 1.82) is 0 Å². The zero-order chi connectivity index (χ0) is 30.1. The monoisotopic (exact) mass is 576 g/mol. The van der Waals surface area contributed by atoms with Gasteiger partial charge in [-0.1, -0.05) is 97.1 Å². The van der Waals surface area contributed by atoms with Gasteiger partial charge in [-0.15, -0.1) is 0 Å². The van der Waals surface area contributed by atoms with Gasteiger partial charge in [-0.3, -0.25) is 4.68 Å². The van der Waals surface area contributed by atoms with Crippen LogP contribution in [0, 0.1) is 5.82 Å². The number of rotatable bonds is 7. The molecule has 0 aliphatic carbocycles. The van der Waals surface area contributed by atoms with Crippen LogP contribution in [0.3, 0.4) is 0 Å². The second kappa shape index (κ2) is 11.0. The molecule has 0 fully saturated rings. The van der Waals surface area contributed by atoms with Crippen LogP contribution in [0.4, 0.5) is 4.39 Å². The van der Waals surface area contributed by atoms with E-state index in [0.717, 1.165) is 33.9 Å². The summed E-state index contributed by atoms with van der Waals surface area (Å²) in [7, 11) is 0. The molecule has 0 amide bonds. The van der Waals surface area contributed by atoms with E-state index in [0.29, 0.717) is 22.2 Å². The van der Waals surface area contributed by atoms with Crippen LogP contribution in [0.25, 0.3) is 33.3 Å². The van der Waals surface area contributed by atoms with Crippen LogP contribution in [0.15, 0.2) is 146 Å². The SMILES string of the molecule is O=C(O)c1cc(-c2ncnc3ccc(-c4cnn(C(c5ccccc5)(c5ccccc5)c5ccccc5)c4)cc23)ccc1F. The second-order valence-corrected chi connectivity index (χ2v) is 10.4. The van der Waals surface area contributed by atoms with Crippen LogP contribution < -0.4 is 0 Å². The molecule has 0 bridgehead atoms. The third-order valence-electron chi connectivity index (χ3n) is 7.94. The Morgan fingerprint density at radius 1 is 0.682 bits per heavy atom. The Balaban J connectivity index is 1.41. The summed E-state index contributed by atoms with van der Waals surface area (Å²) in [5.41, 5.74) is 5.45. The van der Waals surface area contributed by atoms with E-state index in [2.05, 4.69) is 46.4 Å². The molecule has 44 heavy (non-hydrogen) atoms. The fraction of sp³-hybridized carbons (Fsp3) is 0.0270. The molecule has 212 valence electrons. The molecule has 5 aromatic carbocycles. The van der Waals surface area contributed by atoms with Crippen LogP contribution in [0.5, 0.6) is 0 Å². The van der Waals surface area contributed by atoms with Crippen molar-refractivity contribution in [2.75, 3.05) is 0 Å². The zero-order valence-electron chi connectivity index (χ0n) is 23.4. The molecule has 0 atom stereocenters.